The highest BCUT2D eigenvalue weighted by molar-refractivity contribution is 5.97. The van der Waals surface area contributed by atoms with Crippen LogP contribution in [0.15, 0.2) is 0 Å². The molecule has 3 atom stereocenters. The zero-order valence-corrected chi connectivity index (χ0v) is 13.6. The monoisotopic (exact) mass is 282 g/mol. The number of piperazine rings is 1. The maximum absolute atomic E-state index is 12.4. The van der Waals surface area contributed by atoms with Gasteiger partial charge in [-0.3, -0.25) is 9.59 Å². The maximum atomic E-state index is 12.4. The fourth-order valence-corrected chi connectivity index (χ4v) is 2.97. The number of carbonyl (C=O) groups is 2. The fraction of sp³-hybridized carbons (Fsp3) is 0.875. The van der Waals surface area contributed by atoms with E-state index in [4.69, 9.17) is 0 Å². The van der Waals surface area contributed by atoms with Crippen molar-refractivity contribution in [3.63, 3.8) is 0 Å². The minimum Gasteiger partial charge on any atom is -0.343 e. The Morgan fingerprint density at radius 2 is 1.80 bits per heavy atom. The zero-order chi connectivity index (χ0) is 15.3. The molecule has 1 heterocycles. The van der Waals surface area contributed by atoms with Crippen molar-refractivity contribution in [1.82, 2.24) is 10.2 Å². The Morgan fingerprint density at radius 3 is 2.35 bits per heavy atom. The van der Waals surface area contributed by atoms with Crippen LogP contribution < -0.4 is 5.32 Å². The van der Waals surface area contributed by atoms with Crippen molar-refractivity contribution in [3.8, 4) is 0 Å². The summed E-state index contributed by atoms with van der Waals surface area (Å²) >= 11 is 0. The highest BCUT2D eigenvalue weighted by atomic mass is 16.2. The third-order valence-corrected chi connectivity index (χ3v) is 4.13. The van der Waals surface area contributed by atoms with Crippen molar-refractivity contribution < 1.29 is 9.59 Å². The minimum atomic E-state index is -0.393. The molecule has 1 aliphatic heterocycles. The first kappa shape index (κ1) is 17.0. The van der Waals surface area contributed by atoms with Gasteiger partial charge in [0.1, 0.15) is 12.1 Å². The van der Waals surface area contributed by atoms with Gasteiger partial charge in [-0.15, -0.1) is 0 Å². The van der Waals surface area contributed by atoms with Gasteiger partial charge in [0.2, 0.25) is 11.8 Å². The molecule has 1 aliphatic rings. The zero-order valence-electron chi connectivity index (χ0n) is 13.6. The smallest absolute Gasteiger partial charge is 0.245 e. The van der Waals surface area contributed by atoms with Crippen LogP contribution in [0.1, 0.15) is 66.7 Å². The van der Waals surface area contributed by atoms with Crippen LogP contribution in [0.25, 0.3) is 0 Å². The summed E-state index contributed by atoms with van der Waals surface area (Å²) in [6, 6.07) is -0.573. The van der Waals surface area contributed by atoms with Gasteiger partial charge < -0.3 is 10.2 Å². The molecule has 2 amide bonds. The summed E-state index contributed by atoms with van der Waals surface area (Å²) in [5.74, 6) is 0.198. The molecule has 0 aromatic rings. The third-order valence-electron chi connectivity index (χ3n) is 4.13. The highest BCUT2D eigenvalue weighted by Gasteiger charge is 2.42. The normalized spacial score (nSPS) is 25.0. The predicted octanol–water partition coefficient (Wildman–Crippen LogP) is 2.72. The molecule has 0 aromatic heterocycles. The Balaban J connectivity index is 2.73. The second-order valence-corrected chi connectivity index (χ2v) is 6.36. The minimum absolute atomic E-state index is 0.00694. The van der Waals surface area contributed by atoms with E-state index in [0.717, 1.165) is 12.8 Å². The van der Waals surface area contributed by atoms with Crippen LogP contribution in [0.5, 0.6) is 0 Å². The van der Waals surface area contributed by atoms with Crippen molar-refractivity contribution in [2.45, 2.75) is 84.8 Å². The number of hydrogen-bond donors (Lipinski definition) is 1. The largest absolute Gasteiger partial charge is 0.343 e. The topological polar surface area (TPSA) is 49.4 Å². The molecule has 1 fully saturated rings. The van der Waals surface area contributed by atoms with Crippen molar-refractivity contribution >= 4 is 11.8 Å². The molecule has 0 radical (unpaired) electrons. The van der Waals surface area contributed by atoms with Crippen LogP contribution in [-0.2, 0) is 9.59 Å². The first-order valence-corrected chi connectivity index (χ1v) is 8.02. The molecular weight excluding hydrogens is 252 g/mol. The number of hydrogen-bond acceptors (Lipinski definition) is 2. The van der Waals surface area contributed by atoms with Gasteiger partial charge in [0.05, 0.1) is 0 Å². The van der Waals surface area contributed by atoms with Gasteiger partial charge in [0, 0.05) is 6.04 Å². The van der Waals surface area contributed by atoms with E-state index in [2.05, 4.69) is 19.2 Å². The van der Waals surface area contributed by atoms with Gasteiger partial charge in [0.25, 0.3) is 0 Å². The molecule has 0 saturated carbocycles. The van der Waals surface area contributed by atoms with Gasteiger partial charge in [-0.2, -0.15) is 0 Å². The maximum Gasteiger partial charge on any atom is 0.245 e. The molecule has 1 saturated heterocycles. The van der Waals surface area contributed by atoms with Crippen LogP contribution in [0.4, 0.5) is 0 Å². The number of nitrogens with zero attached hydrogens (tertiary/aromatic N) is 1. The summed E-state index contributed by atoms with van der Waals surface area (Å²) in [5, 5.41) is 2.79. The molecule has 1 rings (SSSR count). The summed E-state index contributed by atoms with van der Waals surface area (Å²) in [6.07, 6.45) is 5.77. The van der Waals surface area contributed by atoms with Crippen molar-refractivity contribution in [2.24, 2.45) is 5.92 Å². The van der Waals surface area contributed by atoms with Gasteiger partial charge in [0.15, 0.2) is 0 Å². The Kier molecular flexibility index (Phi) is 6.50. The Labute approximate surface area is 123 Å². The lowest BCUT2D eigenvalue weighted by Gasteiger charge is -2.43. The summed E-state index contributed by atoms with van der Waals surface area (Å²) in [7, 11) is 0. The summed E-state index contributed by atoms with van der Waals surface area (Å²) in [5.41, 5.74) is 0. The second-order valence-electron chi connectivity index (χ2n) is 6.36. The van der Waals surface area contributed by atoms with E-state index in [9.17, 15) is 9.59 Å². The molecule has 116 valence electrons. The molecule has 0 aliphatic carbocycles. The Hall–Kier alpha value is -1.06. The van der Waals surface area contributed by atoms with Crippen LogP contribution in [0.3, 0.4) is 0 Å². The number of unbranched alkanes of at least 4 members (excludes halogenated alkanes) is 3. The molecule has 0 bridgehead atoms. The fourth-order valence-electron chi connectivity index (χ4n) is 2.97. The van der Waals surface area contributed by atoms with Crippen LogP contribution in [0, 0.1) is 5.92 Å². The SMILES string of the molecule is CCCCCCC(C)N1C(=O)C(C)NC(=O)C1C(C)C. The number of carbonyl (C=O) groups excluding carboxylic acids is 2. The van der Waals surface area contributed by atoms with Crippen molar-refractivity contribution in [2.75, 3.05) is 0 Å². The lowest BCUT2D eigenvalue weighted by atomic mass is 9.94. The van der Waals surface area contributed by atoms with Gasteiger partial charge in [-0.25, -0.2) is 0 Å². The van der Waals surface area contributed by atoms with E-state index < -0.39 is 6.04 Å². The first-order valence-electron chi connectivity index (χ1n) is 8.02. The predicted molar refractivity (Wildman–Crippen MR) is 81.3 cm³/mol. The molecule has 4 nitrogen and oxygen atoms in total. The van der Waals surface area contributed by atoms with E-state index in [1.165, 1.54) is 19.3 Å². The molecule has 4 heteroatoms. The molecule has 3 unspecified atom stereocenters. The average Bonchev–Trinajstić information content (AvgIpc) is 2.37. The molecule has 0 aromatic carbocycles. The van der Waals surface area contributed by atoms with Gasteiger partial charge in [-0.05, 0) is 26.2 Å². The highest BCUT2D eigenvalue weighted by Crippen LogP contribution is 2.23. The van der Waals surface area contributed by atoms with Crippen LogP contribution >= 0.6 is 0 Å². The van der Waals surface area contributed by atoms with E-state index in [1.54, 1.807) is 6.92 Å². The number of rotatable bonds is 7. The van der Waals surface area contributed by atoms with Gasteiger partial charge in [-0.1, -0.05) is 46.5 Å². The molecule has 0 spiro atoms. The van der Waals surface area contributed by atoms with Crippen LogP contribution in [0.2, 0.25) is 0 Å². The van der Waals surface area contributed by atoms with E-state index in [-0.39, 0.29) is 29.8 Å². The summed E-state index contributed by atoms with van der Waals surface area (Å²) in [6.45, 7) is 10.0. The summed E-state index contributed by atoms with van der Waals surface area (Å²) < 4.78 is 0. The van der Waals surface area contributed by atoms with Crippen molar-refractivity contribution in [3.05, 3.63) is 0 Å². The molecule has 1 N–H and O–H groups in total. The van der Waals surface area contributed by atoms with E-state index >= 15 is 0 Å². The number of nitrogens with one attached hydrogen (secondary N) is 1. The standard InChI is InChI=1S/C16H30N2O2/c1-6-7-8-9-10-12(4)18-14(11(2)3)15(19)17-13(5)16(18)20/h11-14H,6-10H2,1-5H3,(H,17,19). The Morgan fingerprint density at radius 1 is 1.15 bits per heavy atom. The molecular formula is C16H30N2O2. The quantitative estimate of drug-likeness (QED) is 0.730. The second kappa shape index (κ2) is 7.65. The lowest BCUT2D eigenvalue weighted by Crippen LogP contribution is -2.66. The van der Waals surface area contributed by atoms with E-state index in [1.807, 2.05) is 18.7 Å². The summed E-state index contributed by atoms with van der Waals surface area (Å²) in [4.78, 5) is 26.4. The molecule has 20 heavy (non-hydrogen) atoms. The lowest BCUT2D eigenvalue weighted by molar-refractivity contribution is -0.153. The average molecular weight is 282 g/mol. The first-order chi connectivity index (χ1) is 9.40. The number of amides is 2. The van der Waals surface area contributed by atoms with Crippen molar-refractivity contribution in [1.29, 1.82) is 0 Å². The third kappa shape index (κ3) is 3.97. The van der Waals surface area contributed by atoms with Gasteiger partial charge >= 0.3 is 0 Å². The van der Waals surface area contributed by atoms with E-state index in [0.29, 0.717) is 0 Å². The Bertz CT molecular complexity index is 341. The van der Waals surface area contributed by atoms with Crippen LogP contribution in [-0.4, -0.2) is 34.8 Å².